The summed E-state index contributed by atoms with van der Waals surface area (Å²) in [5.74, 6) is 1.35. The molecule has 0 aliphatic heterocycles. The Balaban J connectivity index is 2.18. The zero-order valence-electron chi connectivity index (χ0n) is 11.7. The van der Waals surface area contributed by atoms with Gasteiger partial charge in [0.15, 0.2) is 0 Å². The van der Waals surface area contributed by atoms with Gasteiger partial charge >= 0.3 is 0 Å². The van der Waals surface area contributed by atoms with Gasteiger partial charge in [0, 0.05) is 17.8 Å². The molecule has 0 bridgehead atoms. The molecule has 0 saturated carbocycles. The minimum absolute atomic E-state index is 0.196. The van der Waals surface area contributed by atoms with E-state index in [4.69, 9.17) is 16.0 Å². The van der Waals surface area contributed by atoms with Gasteiger partial charge in [0.05, 0.1) is 11.6 Å². The van der Waals surface area contributed by atoms with Crippen LogP contribution in [-0.2, 0) is 0 Å². The van der Waals surface area contributed by atoms with Crippen molar-refractivity contribution in [1.82, 2.24) is 5.32 Å². The molecule has 0 saturated heterocycles. The van der Waals surface area contributed by atoms with E-state index >= 15 is 0 Å². The zero-order valence-corrected chi connectivity index (χ0v) is 12.4. The standard InChI is InChI=1S/C15H17ClN2O2/c1-9-4-7-14(20-9)10(2)18-15(19)12-8-11(16)5-6-13(12)17-3/h4-8,10,17H,1-3H3,(H,18,19). The predicted molar refractivity (Wildman–Crippen MR) is 80.3 cm³/mol. The minimum Gasteiger partial charge on any atom is -0.464 e. The average Bonchev–Trinajstić information content (AvgIpc) is 2.85. The van der Waals surface area contributed by atoms with Gasteiger partial charge in [0.25, 0.3) is 5.91 Å². The number of rotatable bonds is 4. The lowest BCUT2D eigenvalue weighted by atomic mass is 10.1. The highest BCUT2D eigenvalue weighted by Crippen LogP contribution is 2.22. The minimum atomic E-state index is -0.208. The molecule has 0 aliphatic carbocycles. The predicted octanol–water partition coefficient (Wildman–Crippen LogP) is 3.77. The number of amides is 1. The van der Waals surface area contributed by atoms with Crippen LogP contribution in [0, 0.1) is 6.92 Å². The topological polar surface area (TPSA) is 54.3 Å². The monoisotopic (exact) mass is 292 g/mol. The van der Waals surface area contributed by atoms with Crippen molar-refractivity contribution in [3.63, 3.8) is 0 Å². The van der Waals surface area contributed by atoms with Crippen molar-refractivity contribution < 1.29 is 9.21 Å². The van der Waals surface area contributed by atoms with Gasteiger partial charge in [-0.2, -0.15) is 0 Å². The van der Waals surface area contributed by atoms with Crippen LogP contribution in [0.3, 0.4) is 0 Å². The number of hydrogen-bond acceptors (Lipinski definition) is 3. The van der Waals surface area contributed by atoms with Crippen molar-refractivity contribution in [3.8, 4) is 0 Å². The summed E-state index contributed by atoms with van der Waals surface area (Å²) in [4.78, 5) is 12.3. The molecule has 5 heteroatoms. The number of carbonyl (C=O) groups excluding carboxylic acids is 1. The van der Waals surface area contributed by atoms with E-state index in [1.54, 1.807) is 25.2 Å². The number of halogens is 1. The van der Waals surface area contributed by atoms with Gasteiger partial charge in [-0.1, -0.05) is 11.6 Å². The van der Waals surface area contributed by atoms with Gasteiger partial charge in [-0.15, -0.1) is 0 Å². The number of benzene rings is 1. The molecule has 106 valence electrons. The van der Waals surface area contributed by atoms with Crippen LogP contribution in [0.15, 0.2) is 34.7 Å². The number of carbonyl (C=O) groups is 1. The lowest BCUT2D eigenvalue weighted by Gasteiger charge is -2.14. The van der Waals surface area contributed by atoms with Crippen LogP contribution < -0.4 is 10.6 Å². The highest BCUT2D eigenvalue weighted by atomic mass is 35.5. The highest BCUT2D eigenvalue weighted by molar-refractivity contribution is 6.31. The van der Waals surface area contributed by atoms with Gasteiger partial charge in [-0.05, 0) is 44.2 Å². The van der Waals surface area contributed by atoms with Crippen LogP contribution in [0.25, 0.3) is 0 Å². The van der Waals surface area contributed by atoms with Crippen LogP contribution >= 0.6 is 11.6 Å². The van der Waals surface area contributed by atoms with E-state index in [1.807, 2.05) is 26.0 Å². The Labute approximate surface area is 123 Å². The molecule has 4 nitrogen and oxygen atoms in total. The third-order valence-corrected chi connectivity index (χ3v) is 3.27. The third-order valence-electron chi connectivity index (χ3n) is 3.03. The molecule has 2 aromatic rings. The quantitative estimate of drug-likeness (QED) is 0.902. The number of hydrogen-bond donors (Lipinski definition) is 2. The maximum Gasteiger partial charge on any atom is 0.254 e. The molecule has 2 N–H and O–H groups in total. The summed E-state index contributed by atoms with van der Waals surface area (Å²) in [5.41, 5.74) is 1.24. The molecule has 0 spiro atoms. The molecule has 1 amide bonds. The largest absolute Gasteiger partial charge is 0.464 e. The smallest absolute Gasteiger partial charge is 0.254 e. The molecule has 1 atom stereocenters. The molecular formula is C15H17ClN2O2. The number of nitrogens with one attached hydrogen (secondary N) is 2. The van der Waals surface area contributed by atoms with Crippen LogP contribution in [0.4, 0.5) is 5.69 Å². The fourth-order valence-corrected chi connectivity index (χ4v) is 2.13. The first-order chi connectivity index (χ1) is 9.51. The summed E-state index contributed by atoms with van der Waals surface area (Å²) in [5, 5.41) is 6.40. The average molecular weight is 293 g/mol. The summed E-state index contributed by atoms with van der Waals surface area (Å²) in [6.45, 7) is 3.74. The summed E-state index contributed by atoms with van der Waals surface area (Å²) in [7, 11) is 1.76. The van der Waals surface area contributed by atoms with Gasteiger partial charge in [-0.3, -0.25) is 4.79 Å². The Morgan fingerprint density at radius 2 is 2.05 bits per heavy atom. The second-order valence-corrected chi connectivity index (χ2v) is 5.02. The van der Waals surface area contributed by atoms with E-state index in [9.17, 15) is 4.79 Å². The Hall–Kier alpha value is -1.94. The molecule has 2 rings (SSSR count). The van der Waals surface area contributed by atoms with Crippen molar-refractivity contribution in [1.29, 1.82) is 0 Å². The Bertz CT molecular complexity index is 622. The Morgan fingerprint density at radius 1 is 1.30 bits per heavy atom. The molecule has 1 heterocycles. The van der Waals surface area contributed by atoms with E-state index in [0.717, 1.165) is 17.2 Å². The Kier molecular flexibility index (Phi) is 4.35. The van der Waals surface area contributed by atoms with Crippen LogP contribution in [0.5, 0.6) is 0 Å². The van der Waals surface area contributed by atoms with E-state index < -0.39 is 0 Å². The van der Waals surface area contributed by atoms with E-state index in [0.29, 0.717) is 10.6 Å². The molecule has 20 heavy (non-hydrogen) atoms. The molecule has 0 radical (unpaired) electrons. The first-order valence-corrected chi connectivity index (χ1v) is 6.73. The molecule has 1 aromatic heterocycles. The Morgan fingerprint density at radius 3 is 2.65 bits per heavy atom. The van der Waals surface area contributed by atoms with E-state index in [-0.39, 0.29) is 11.9 Å². The summed E-state index contributed by atoms with van der Waals surface area (Å²) < 4.78 is 5.51. The van der Waals surface area contributed by atoms with Crippen molar-refractivity contribution in [3.05, 3.63) is 52.4 Å². The number of anilines is 1. The lowest BCUT2D eigenvalue weighted by molar-refractivity contribution is 0.0936. The van der Waals surface area contributed by atoms with E-state index in [2.05, 4.69) is 10.6 Å². The van der Waals surface area contributed by atoms with Gasteiger partial charge in [-0.25, -0.2) is 0 Å². The summed E-state index contributed by atoms with van der Waals surface area (Å²) in [6.07, 6.45) is 0. The third kappa shape index (κ3) is 3.14. The van der Waals surface area contributed by atoms with Gasteiger partial charge in [0.1, 0.15) is 11.5 Å². The number of furan rings is 1. The first-order valence-electron chi connectivity index (χ1n) is 6.35. The maximum absolute atomic E-state index is 12.3. The van der Waals surface area contributed by atoms with Crippen LogP contribution in [0.2, 0.25) is 5.02 Å². The van der Waals surface area contributed by atoms with Crippen molar-refractivity contribution >= 4 is 23.2 Å². The second-order valence-electron chi connectivity index (χ2n) is 4.58. The lowest BCUT2D eigenvalue weighted by Crippen LogP contribution is -2.27. The molecular weight excluding hydrogens is 276 g/mol. The molecule has 0 aliphatic rings. The second kappa shape index (κ2) is 6.01. The first kappa shape index (κ1) is 14.5. The van der Waals surface area contributed by atoms with Crippen LogP contribution in [0.1, 0.15) is 34.8 Å². The van der Waals surface area contributed by atoms with Gasteiger partial charge in [0.2, 0.25) is 0 Å². The van der Waals surface area contributed by atoms with Crippen LogP contribution in [-0.4, -0.2) is 13.0 Å². The molecule has 1 unspecified atom stereocenters. The molecule has 1 aromatic carbocycles. The highest BCUT2D eigenvalue weighted by Gasteiger charge is 2.16. The SMILES string of the molecule is CNc1ccc(Cl)cc1C(=O)NC(C)c1ccc(C)o1. The number of aryl methyl sites for hydroxylation is 1. The normalized spacial score (nSPS) is 12.0. The van der Waals surface area contributed by atoms with Gasteiger partial charge < -0.3 is 15.1 Å². The van der Waals surface area contributed by atoms with E-state index in [1.165, 1.54) is 0 Å². The summed E-state index contributed by atoms with van der Waals surface area (Å²) >= 11 is 5.95. The fourth-order valence-electron chi connectivity index (χ4n) is 1.95. The maximum atomic E-state index is 12.3. The fraction of sp³-hybridized carbons (Fsp3) is 0.267. The van der Waals surface area contributed by atoms with Crippen molar-refractivity contribution in [2.75, 3.05) is 12.4 Å². The van der Waals surface area contributed by atoms with Crippen molar-refractivity contribution in [2.24, 2.45) is 0 Å². The van der Waals surface area contributed by atoms with Crippen molar-refractivity contribution in [2.45, 2.75) is 19.9 Å². The molecule has 0 fully saturated rings. The zero-order chi connectivity index (χ0) is 14.7. The summed E-state index contributed by atoms with van der Waals surface area (Å²) in [6, 6.07) is 8.68.